The Labute approximate surface area is 104 Å². The van der Waals surface area contributed by atoms with Crippen LogP contribution in [-0.2, 0) is 6.54 Å². The first kappa shape index (κ1) is 12.4. The molecule has 0 amide bonds. The molecule has 0 aliphatic heterocycles. The van der Waals surface area contributed by atoms with Gasteiger partial charge >= 0.3 is 5.69 Å². The van der Waals surface area contributed by atoms with Gasteiger partial charge in [0.05, 0.1) is 18.0 Å². The number of ether oxygens (including phenoxy) is 1. The SMILES string of the molecule is COc1cccc2c(=O)n(CC(C)C)c(=O)[nH]c12. The van der Waals surface area contributed by atoms with Crippen molar-refractivity contribution in [1.29, 1.82) is 0 Å². The molecule has 0 spiro atoms. The Hall–Kier alpha value is -2.04. The molecule has 0 unspecified atom stereocenters. The van der Waals surface area contributed by atoms with E-state index in [1.54, 1.807) is 18.2 Å². The molecule has 1 aromatic heterocycles. The smallest absolute Gasteiger partial charge is 0.328 e. The molecule has 2 aromatic rings. The summed E-state index contributed by atoms with van der Waals surface area (Å²) in [5.74, 6) is 0.727. The lowest BCUT2D eigenvalue weighted by molar-refractivity contribution is 0.418. The largest absolute Gasteiger partial charge is 0.495 e. The summed E-state index contributed by atoms with van der Waals surface area (Å²) in [6, 6.07) is 5.14. The number of aromatic amines is 1. The number of nitrogens with one attached hydrogen (secondary N) is 1. The van der Waals surface area contributed by atoms with Crippen LogP contribution in [0.25, 0.3) is 10.9 Å². The lowest BCUT2D eigenvalue weighted by Gasteiger charge is -2.10. The highest BCUT2D eigenvalue weighted by Gasteiger charge is 2.11. The number of para-hydroxylation sites is 1. The third kappa shape index (κ3) is 2.03. The monoisotopic (exact) mass is 248 g/mol. The molecule has 5 nitrogen and oxygen atoms in total. The molecule has 1 aromatic carbocycles. The molecule has 0 radical (unpaired) electrons. The third-order valence-corrected chi connectivity index (χ3v) is 2.75. The number of nitrogens with zero attached hydrogens (tertiary/aromatic N) is 1. The van der Waals surface area contributed by atoms with Crippen molar-refractivity contribution >= 4 is 10.9 Å². The van der Waals surface area contributed by atoms with E-state index in [1.807, 2.05) is 13.8 Å². The summed E-state index contributed by atoms with van der Waals surface area (Å²) in [6.45, 7) is 4.32. The predicted molar refractivity (Wildman–Crippen MR) is 70.2 cm³/mol. The van der Waals surface area contributed by atoms with E-state index < -0.39 is 5.69 Å². The molecular formula is C13H16N2O3. The summed E-state index contributed by atoms with van der Waals surface area (Å²) in [5.41, 5.74) is -0.220. The summed E-state index contributed by atoms with van der Waals surface area (Å²) in [5, 5.41) is 0.467. The van der Waals surface area contributed by atoms with Crippen LogP contribution in [0.2, 0.25) is 0 Å². The molecule has 0 saturated carbocycles. The fourth-order valence-corrected chi connectivity index (χ4v) is 1.95. The minimum Gasteiger partial charge on any atom is -0.495 e. The third-order valence-electron chi connectivity index (χ3n) is 2.75. The van der Waals surface area contributed by atoms with Gasteiger partial charge < -0.3 is 9.72 Å². The van der Waals surface area contributed by atoms with Crippen molar-refractivity contribution in [3.63, 3.8) is 0 Å². The number of benzene rings is 1. The van der Waals surface area contributed by atoms with Crippen LogP contribution < -0.4 is 16.0 Å². The predicted octanol–water partition coefficient (Wildman–Crippen LogP) is 1.35. The highest BCUT2D eigenvalue weighted by atomic mass is 16.5. The molecule has 0 aliphatic rings. The summed E-state index contributed by atoms with van der Waals surface area (Å²) >= 11 is 0. The first-order valence-corrected chi connectivity index (χ1v) is 5.84. The van der Waals surface area contributed by atoms with E-state index in [-0.39, 0.29) is 11.5 Å². The van der Waals surface area contributed by atoms with Crippen molar-refractivity contribution in [2.24, 2.45) is 5.92 Å². The van der Waals surface area contributed by atoms with E-state index in [0.29, 0.717) is 23.2 Å². The number of H-pyrrole nitrogens is 1. The first-order chi connectivity index (χ1) is 8.54. The second kappa shape index (κ2) is 4.68. The summed E-state index contributed by atoms with van der Waals surface area (Å²) < 4.78 is 6.37. The van der Waals surface area contributed by atoms with E-state index in [9.17, 15) is 9.59 Å². The van der Waals surface area contributed by atoms with E-state index in [1.165, 1.54) is 11.7 Å². The maximum Gasteiger partial charge on any atom is 0.328 e. The van der Waals surface area contributed by atoms with E-state index in [4.69, 9.17) is 4.74 Å². The average molecular weight is 248 g/mol. The number of hydrogen-bond acceptors (Lipinski definition) is 3. The van der Waals surface area contributed by atoms with E-state index in [0.717, 1.165) is 0 Å². The van der Waals surface area contributed by atoms with Gasteiger partial charge in [0.2, 0.25) is 0 Å². The molecule has 0 saturated heterocycles. The number of methoxy groups -OCH3 is 1. The topological polar surface area (TPSA) is 64.1 Å². The maximum atomic E-state index is 12.2. The standard InChI is InChI=1S/C13H16N2O3/c1-8(2)7-15-12(16)9-5-4-6-10(18-3)11(9)14-13(15)17/h4-6,8H,7H2,1-3H3,(H,14,17). The van der Waals surface area contributed by atoms with Crippen molar-refractivity contribution in [3.8, 4) is 5.75 Å². The Kier molecular flexibility index (Phi) is 3.23. The minimum absolute atomic E-state index is 0.229. The molecule has 5 heteroatoms. The fraction of sp³-hybridized carbons (Fsp3) is 0.385. The van der Waals surface area contributed by atoms with Crippen LogP contribution in [-0.4, -0.2) is 16.7 Å². The van der Waals surface area contributed by atoms with Gasteiger partial charge in [0.25, 0.3) is 5.56 Å². The molecule has 1 heterocycles. The lowest BCUT2D eigenvalue weighted by atomic mass is 10.2. The lowest BCUT2D eigenvalue weighted by Crippen LogP contribution is -2.36. The molecule has 0 fully saturated rings. The summed E-state index contributed by atoms with van der Waals surface area (Å²) in [6.07, 6.45) is 0. The van der Waals surface area contributed by atoms with Crippen LogP contribution in [0.1, 0.15) is 13.8 Å². The number of aromatic nitrogens is 2. The van der Waals surface area contributed by atoms with Gasteiger partial charge in [0.1, 0.15) is 5.75 Å². The Morgan fingerprint density at radius 3 is 2.67 bits per heavy atom. The second-order valence-corrected chi connectivity index (χ2v) is 4.62. The zero-order valence-corrected chi connectivity index (χ0v) is 10.7. The van der Waals surface area contributed by atoms with Crippen LogP contribution in [0.4, 0.5) is 0 Å². The van der Waals surface area contributed by atoms with Gasteiger partial charge in [-0.1, -0.05) is 19.9 Å². The van der Waals surface area contributed by atoms with Gasteiger partial charge in [0, 0.05) is 6.54 Å². The van der Waals surface area contributed by atoms with Crippen molar-refractivity contribution in [2.45, 2.75) is 20.4 Å². The highest BCUT2D eigenvalue weighted by Crippen LogP contribution is 2.19. The van der Waals surface area contributed by atoms with Crippen LogP contribution >= 0.6 is 0 Å². The molecular weight excluding hydrogens is 232 g/mol. The normalized spacial score (nSPS) is 11.1. The second-order valence-electron chi connectivity index (χ2n) is 4.62. The van der Waals surface area contributed by atoms with Crippen LogP contribution in [0.15, 0.2) is 27.8 Å². The van der Waals surface area contributed by atoms with Crippen molar-refractivity contribution in [2.75, 3.05) is 7.11 Å². The zero-order chi connectivity index (χ0) is 13.3. The summed E-state index contributed by atoms with van der Waals surface area (Å²) in [7, 11) is 1.51. The van der Waals surface area contributed by atoms with Gasteiger partial charge in [-0.2, -0.15) is 0 Å². The first-order valence-electron chi connectivity index (χ1n) is 5.84. The molecule has 0 aliphatic carbocycles. The molecule has 0 bridgehead atoms. The average Bonchev–Trinajstić information content (AvgIpc) is 2.33. The Balaban J connectivity index is 2.80. The van der Waals surface area contributed by atoms with Crippen molar-refractivity contribution < 1.29 is 4.74 Å². The van der Waals surface area contributed by atoms with Gasteiger partial charge in [-0.25, -0.2) is 4.79 Å². The Morgan fingerprint density at radius 2 is 2.06 bits per heavy atom. The maximum absolute atomic E-state index is 12.2. The van der Waals surface area contributed by atoms with Crippen LogP contribution in [0.3, 0.4) is 0 Å². The van der Waals surface area contributed by atoms with E-state index in [2.05, 4.69) is 4.98 Å². The Bertz CT molecular complexity index is 683. The Morgan fingerprint density at radius 1 is 1.33 bits per heavy atom. The molecule has 18 heavy (non-hydrogen) atoms. The highest BCUT2D eigenvalue weighted by molar-refractivity contribution is 5.83. The fourth-order valence-electron chi connectivity index (χ4n) is 1.95. The van der Waals surface area contributed by atoms with Crippen molar-refractivity contribution in [3.05, 3.63) is 39.0 Å². The number of rotatable bonds is 3. The van der Waals surface area contributed by atoms with E-state index >= 15 is 0 Å². The van der Waals surface area contributed by atoms with Gasteiger partial charge in [-0.05, 0) is 18.1 Å². The van der Waals surface area contributed by atoms with Gasteiger partial charge in [0.15, 0.2) is 0 Å². The van der Waals surface area contributed by atoms with Crippen molar-refractivity contribution in [1.82, 2.24) is 9.55 Å². The van der Waals surface area contributed by atoms with Gasteiger partial charge in [-0.15, -0.1) is 0 Å². The quantitative estimate of drug-likeness (QED) is 0.891. The molecule has 2 rings (SSSR count). The van der Waals surface area contributed by atoms with Crippen LogP contribution in [0.5, 0.6) is 5.75 Å². The van der Waals surface area contributed by atoms with Gasteiger partial charge in [-0.3, -0.25) is 9.36 Å². The molecule has 1 N–H and O–H groups in total. The summed E-state index contributed by atoms with van der Waals surface area (Å²) in [4.78, 5) is 26.9. The molecule has 96 valence electrons. The molecule has 0 atom stereocenters. The zero-order valence-electron chi connectivity index (χ0n) is 10.7. The number of fused-ring (bicyclic) bond motifs is 1. The minimum atomic E-state index is -0.397. The number of hydrogen-bond donors (Lipinski definition) is 1. The van der Waals surface area contributed by atoms with Crippen LogP contribution in [0, 0.1) is 5.92 Å².